The van der Waals surface area contributed by atoms with Crippen LogP contribution in [-0.2, 0) is 17.8 Å². The molecule has 0 aliphatic carbocycles. The largest absolute Gasteiger partial charge is 0.308 e. The molecule has 1 aromatic carbocycles. The Labute approximate surface area is 121 Å². The standard InChI is InChI=1S/C14H16ClF2N3/c1-14(2,3)20-12(18-19-13(20)8-15)7-9-4-5-10(16)11(17)6-9/h4-6H,7-8H2,1-3H3. The van der Waals surface area contributed by atoms with Gasteiger partial charge in [0.25, 0.3) is 0 Å². The molecule has 6 heteroatoms. The van der Waals surface area contributed by atoms with E-state index in [0.29, 0.717) is 23.6 Å². The zero-order chi connectivity index (χ0) is 14.9. The molecule has 0 saturated heterocycles. The number of aromatic nitrogens is 3. The van der Waals surface area contributed by atoms with Gasteiger partial charge in [0.2, 0.25) is 0 Å². The third kappa shape index (κ3) is 2.98. The Kier molecular flexibility index (Phi) is 4.09. The van der Waals surface area contributed by atoms with Crippen molar-refractivity contribution in [2.75, 3.05) is 0 Å². The Bertz CT molecular complexity index is 617. The lowest BCUT2D eigenvalue weighted by atomic mass is 10.1. The molecule has 0 unspecified atom stereocenters. The zero-order valence-electron chi connectivity index (χ0n) is 11.6. The molecule has 0 N–H and O–H groups in total. The summed E-state index contributed by atoms with van der Waals surface area (Å²) >= 11 is 5.87. The highest BCUT2D eigenvalue weighted by atomic mass is 35.5. The van der Waals surface area contributed by atoms with E-state index in [1.165, 1.54) is 6.07 Å². The van der Waals surface area contributed by atoms with Crippen molar-refractivity contribution in [3.8, 4) is 0 Å². The van der Waals surface area contributed by atoms with Crippen molar-refractivity contribution in [2.45, 2.75) is 38.6 Å². The van der Waals surface area contributed by atoms with E-state index in [9.17, 15) is 8.78 Å². The molecule has 0 radical (unpaired) electrons. The van der Waals surface area contributed by atoms with Crippen LogP contribution in [0.1, 0.15) is 38.0 Å². The topological polar surface area (TPSA) is 30.7 Å². The van der Waals surface area contributed by atoms with Crippen molar-refractivity contribution in [1.82, 2.24) is 14.8 Å². The molecular formula is C14H16ClF2N3. The van der Waals surface area contributed by atoms with Gasteiger partial charge in [-0.2, -0.15) is 0 Å². The van der Waals surface area contributed by atoms with E-state index in [1.807, 2.05) is 25.3 Å². The van der Waals surface area contributed by atoms with Crippen molar-refractivity contribution >= 4 is 11.6 Å². The van der Waals surface area contributed by atoms with E-state index < -0.39 is 11.6 Å². The summed E-state index contributed by atoms with van der Waals surface area (Å²) in [7, 11) is 0. The highest BCUT2D eigenvalue weighted by Crippen LogP contribution is 2.22. The van der Waals surface area contributed by atoms with Crippen LogP contribution in [0.4, 0.5) is 8.78 Å². The summed E-state index contributed by atoms with van der Waals surface area (Å²) in [6.07, 6.45) is 0.373. The fourth-order valence-electron chi connectivity index (χ4n) is 2.16. The summed E-state index contributed by atoms with van der Waals surface area (Å²) < 4.78 is 28.1. The minimum Gasteiger partial charge on any atom is -0.308 e. The van der Waals surface area contributed by atoms with Crippen LogP contribution >= 0.6 is 11.6 Å². The Morgan fingerprint density at radius 3 is 2.30 bits per heavy atom. The van der Waals surface area contributed by atoms with Gasteiger partial charge in [-0.15, -0.1) is 21.8 Å². The normalized spacial score (nSPS) is 11.9. The number of rotatable bonds is 3. The average Bonchev–Trinajstić information content (AvgIpc) is 2.76. The predicted octanol–water partition coefficient (Wildman–Crippen LogP) is 3.64. The number of halogens is 3. The molecule has 2 rings (SSSR count). The van der Waals surface area contributed by atoms with Gasteiger partial charge >= 0.3 is 0 Å². The van der Waals surface area contributed by atoms with Gasteiger partial charge in [-0.05, 0) is 38.5 Å². The van der Waals surface area contributed by atoms with Crippen LogP contribution in [0.25, 0.3) is 0 Å². The van der Waals surface area contributed by atoms with Gasteiger partial charge in [0, 0.05) is 12.0 Å². The first-order valence-corrected chi connectivity index (χ1v) is 6.80. The minimum absolute atomic E-state index is 0.234. The maximum atomic E-state index is 13.2. The Balaban J connectivity index is 2.38. The molecule has 1 heterocycles. The molecule has 0 fully saturated rings. The number of benzene rings is 1. The minimum atomic E-state index is -0.859. The molecule has 0 spiro atoms. The average molecular weight is 300 g/mol. The highest BCUT2D eigenvalue weighted by Gasteiger charge is 2.22. The lowest BCUT2D eigenvalue weighted by molar-refractivity contribution is 0.375. The van der Waals surface area contributed by atoms with E-state index in [2.05, 4.69) is 10.2 Å². The monoisotopic (exact) mass is 299 g/mol. The van der Waals surface area contributed by atoms with Gasteiger partial charge in [0.05, 0.1) is 5.88 Å². The smallest absolute Gasteiger partial charge is 0.159 e. The molecule has 108 valence electrons. The first kappa shape index (κ1) is 14.9. The fourth-order valence-corrected chi connectivity index (χ4v) is 2.33. The zero-order valence-corrected chi connectivity index (χ0v) is 12.4. The molecule has 0 aliphatic heterocycles. The van der Waals surface area contributed by atoms with Gasteiger partial charge < -0.3 is 4.57 Å². The summed E-state index contributed by atoms with van der Waals surface area (Å²) in [6, 6.07) is 3.84. The fraction of sp³-hybridized carbons (Fsp3) is 0.429. The molecule has 0 bridgehead atoms. The van der Waals surface area contributed by atoms with Crippen LogP contribution in [-0.4, -0.2) is 14.8 Å². The van der Waals surface area contributed by atoms with E-state index in [0.717, 1.165) is 6.07 Å². The van der Waals surface area contributed by atoms with Gasteiger partial charge in [-0.25, -0.2) is 8.78 Å². The van der Waals surface area contributed by atoms with Gasteiger partial charge in [0.15, 0.2) is 11.6 Å². The molecule has 20 heavy (non-hydrogen) atoms. The summed E-state index contributed by atoms with van der Waals surface area (Å²) in [5.41, 5.74) is 0.407. The lowest BCUT2D eigenvalue weighted by Crippen LogP contribution is -2.26. The second kappa shape index (κ2) is 5.48. The van der Waals surface area contributed by atoms with Crippen molar-refractivity contribution in [2.24, 2.45) is 0 Å². The molecule has 2 aromatic rings. The van der Waals surface area contributed by atoms with E-state index in [4.69, 9.17) is 11.6 Å². The van der Waals surface area contributed by atoms with Crippen LogP contribution < -0.4 is 0 Å². The number of hydrogen-bond donors (Lipinski definition) is 0. The molecule has 3 nitrogen and oxygen atoms in total. The predicted molar refractivity (Wildman–Crippen MR) is 73.7 cm³/mol. The number of hydrogen-bond acceptors (Lipinski definition) is 2. The molecule has 0 saturated carbocycles. The van der Waals surface area contributed by atoms with Crippen LogP contribution in [0.15, 0.2) is 18.2 Å². The van der Waals surface area contributed by atoms with E-state index in [-0.39, 0.29) is 11.4 Å². The first-order chi connectivity index (χ1) is 9.32. The summed E-state index contributed by atoms with van der Waals surface area (Å²) in [6.45, 7) is 6.05. The van der Waals surface area contributed by atoms with Crippen molar-refractivity contribution in [3.05, 3.63) is 47.0 Å². The summed E-state index contributed by atoms with van der Waals surface area (Å²) in [5, 5.41) is 8.16. The molecule has 0 aliphatic rings. The van der Waals surface area contributed by atoms with Crippen LogP contribution in [0.3, 0.4) is 0 Å². The SMILES string of the molecule is CC(C)(C)n1c(CCl)nnc1Cc1ccc(F)c(F)c1. The van der Waals surface area contributed by atoms with Crippen molar-refractivity contribution < 1.29 is 8.78 Å². The highest BCUT2D eigenvalue weighted by molar-refractivity contribution is 6.16. The maximum Gasteiger partial charge on any atom is 0.159 e. The first-order valence-electron chi connectivity index (χ1n) is 6.26. The van der Waals surface area contributed by atoms with E-state index in [1.54, 1.807) is 6.07 Å². The van der Waals surface area contributed by atoms with Gasteiger partial charge in [0.1, 0.15) is 11.6 Å². The van der Waals surface area contributed by atoms with Crippen molar-refractivity contribution in [1.29, 1.82) is 0 Å². The van der Waals surface area contributed by atoms with E-state index >= 15 is 0 Å². The van der Waals surface area contributed by atoms with Crippen LogP contribution in [0, 0.1) is 11.6 Å². The maximum absolute atomic E-state index is 13.2. The van der Waals surface area contributed by atoms with Gasteiger partial charge in [-0.1, -0.05) is 6.07 Å². The molecule has 0 amide bonds. The molecule has 0 atom stereocenters. The van der Waals surface area contributed by atoms with Crippen LogP contribution in [0.2, 0.25) is 0 Å². The molecule has 1 aromatic heterocycles. The second-order valence-electron chi connectivity index (χ2n) is 5.60. The summed E-state index contributed by atoms with van der Waals surface area (Å²) in [5.74, 6) is -0.118. The van der Waals surface area contributed by atoms with Crippen molar-refractivity contribution in [3.63, 3.8) is 0 Å². The summed E-state index contributed by atoms with van der Waals surface area (Å²) in [4.78, 5) is 0. The Morgan fingerprint density at radius 2 is 1.75 bits per heavy atom. The second-order valence-corrected chi connectivity index (χ2v) is 5.86. The quantitative estimate of drug-likeness (QED) is 0.810. The number of alkyl halides is 1. The third-order valence-corrected chi connectivity index (χ3v) is 3.17. The number of nitrogens with zero attached hydrogens (tertiary/aromatic N) is 3. The third-order valence-electron chi connectivity index (χ3n) is 2.93. The lowest BCUT2D eigenvalue weighted by Gasteiger charge is -2.24. The van der Waals surface area contributed by atoms with Crippen LogP contribution in [0.5, 0.6) is 0 Å². The van der Waals surface area contributed by atoms with Gasteiger partial charge in [-0.3, -0.25) is 0 Å². The Morgan fingerprint density at radius 1 is 1.10 bits per heavy atom. The molecular weight excluding hydrogens is 284 g/mol. The Hall–Kier alpha value is -1.49.